The summed E-state index contributed by atoms with van der Waals surface area (Å²) in [5, 5.41) is 19.9. The number of allylic oxidation sites excluding steroid dienone is 5. The van der Waals surface area contributed by atoms with Crippen LogP contribution in [0.3, 0.4) is 0 Å². The highest BCUT2D eigenvalue weighted by Crippen LogP contribution is 2.43. The summed E-state index contributed by atoms with van der Waals surface area (Å²) in [5.74, 6) is -0.294. The van der Waals surface area contributed by atoms with Crippen molar-refractivity contribution in [2.75, 3.05) is 26.4 Å². The fraction of sp³-hybridized carbons (Fsp3) is 0.805. The Balaban J connectivity index is 4.62. The van der Waals surface area contributed by atoms with Crippen molar-refractivity contribution >= 4 is 27.6 Å². The van der Waals surface area contributed by atoms with Gasteiger partial charge in [-0.2, -0.15) is 0 Å². The van der Waals surface area contributed by atoms with Gasteiger partial charge in [0.15, 0.2) is 6.10 Å². The van der Waals surface area contributed by atoms with Crippen LogP contribution in [0, 0.1) is 5.92 Å². The molecule has 0 saturated carbocycles. The number of esters is 2. The monoisotopic (exact) mass is 854 g/mol. The van der Waals surface area contributed by atoms with Crippen molar-refractivity contribution in [3.8, 4) is 0 Å². The van der Waals surface area contributed by atoms with Crippen LogP contribution < -0.4 is 0 Å². The summed E-state index contributed by atoms with van der Waals surface area (Å²) in [5.41, 5.74) is 0. The normalized spacial score (nSPS) is 15.6. The predicted molar refractivity (Wildman–Crippen MR) is 222 cm³/mol. The van der Waals surface area contributed by atoms with Crippen LogP contribution in [0.1, 0.15) is 162 Å². The number of unbranched alkanes of at least 4 members (excludes halogenated alkanes) is 13. The molecule has 0 saturated heterocycles. The summed E-state index contributed by atoms with van der Waals surface area (Å²) < 4.78 is 47.7. The molecule has 0 aliphatic heterocycles. The van der Waals surface area contributed by atoms with Gasteiger partial charge in [0.2, 0.25) is 0 Å². The van der Waals surface area contributed by atoms with E-state index >= 15 is 0 Å². The Hall–Kier alpha value is -1.70. The molecule has 0 rings (SSSR count). The Labute approximate surface area is 342 Å². The molecule has 0 aromatic rings. The number of carbonyl (C=O) groups excluding carboxylic acids is 2. The lowest BCUT2D eigenvalue weighted by Gasteiger charge is -2.20. The molecule has 0 spiro atoms. The van der Waals surface area contributed by atoms with Gasteiger partial charge in [0, 0.05) is 12.8 Å². The van der Waals surface area contributed by atoms with Crippen molar-refractivity contribution < 1.29 is 66.7 Å². The molecule has 334 valence electrons. The number of carbonyl (C=O) groups is 2. The zero-order valence-corrected chi connectivity index (χ0v) is 36.8. The van der Waals surface area contributed by atoms with Crippen LogP contribution in [0.4, 0.5) is 0 Å². The lowest BCUT2D eigenvalue weighted by molar-refractivity contribution is -0.161. The average Bonchev–Trinajstić information content (AvgIpc) is 3.16. The first-order chi connectivity index (χ1) is 27.2. The summed E-state index contributed by atoms with van der Waals surface area (Å²) in [6.07, 6.45) is 28.8. The second kappa shape index (κ2) is 36.2. The van der Waals surface area contributed by atoms with Crippen molar-refractivity contribution in [1.29, 1.82) is 0 Å². The molecule has 0 aliphatic carbocycles. The van der Waals surface area contributed by atoms with E-state index in [0.717, 1.165) is 70.1 Å². The highest BCUT2D eigenvalue weighted by Gasteiger charge is 2.28. The zero-order valence-electron chi connectivity index (χ0n) is 35.0. The van der Waals surface area contributed by atoms with Crippen molar-refractivity contribution in [2.24, 2.45) is 5.92 Å². The van der Waals surface area contributed by atoms with Crippen LogP contribution in [0.5, 0.6) is 0 Å². The lowest BCUT2D eigenvalue weighted by atomic mass is 9.99. The summed E-state index contributed by atoms with van der Waals surface area (Å²) in [7, 11) is -9.70. The molecule has 0 fully saturated rings. The number of phosphoric ester groups is 2. The van der Waals surface area contributed by atoms with E-state index in [2.05, 4.69) is 42.0 Å². The molecule has 0 bridgehead atoms. The van der Waals surface area contributed by atoms with Gasteiger partial charge in [0.05, 0.1) is 25.9 Å². The number of aliphatic hydroxyl groups excluding tert-OH is 2. The number of phosphoric acid groups is 2. The minimum atomic E-state index is -4.87. The molecule has 57 heavy (non-hydrogen) atoms. The Bertz CT molecular complexity index is 1190. The molecule has 3 unspecified atom stereocenters. The molecule has 16 heteroatoms. The van der Waals surface area contributed by atoms with Crippen molar-refractivity contribution in [1.82, 2.24) is 0 Å². The molecule has 0 heterocycles. The Morgan fingerprint density at radius 2 is 1.14 bits per heavy atom. The fourth-order valence-electron chi connectivity index (χ4n) is 5.57. The average molecular weight is 855 g/mol. The van der Waals surface area contributed by atoms with Crippen molar-refractivity contribution in [3.63, 3.8) is 0 Å². The number of hydrogen-bond donors (Lipinski definition) is 5. The Kier molecular flexibility index (Phi) is 35.1. The molecular formula is C41H76O14P2. The largest absolute Gasteiger partial charge is 0.472 e. The smallest absolute Gasteiger partial charge is 0.462 e. The quantitative estimate of drug-likeness (QED) is 0.0128. The fourth-order valence-corrected chi connectivity index (χ4v) is 6.72. The van der Waals surface area contributed by atoms with Crippen LogP contribution in [0.15, 0.2) is 36.5 Å². The van der Waals surface area contributed by atoms with Crippen LogP contribution in [-0.2, 0) is 41.8 Å². The van der Waals surface area contributed by atoms with Crippen molar-refractivity contribution in [3.05, 3.63) is 36.5 Å². The predicted octanol–water partition coefficient (Wildman–Crippen LogP) is 9.33. The maximum Gasteiger partial charge on any atom is 0.472 e. The van der Waals surface area contributed by atoms with E-state index in [1.165, 1.54) is 44.9 Å². The van der Waals surface area contributed by atoms with Gasteiger partial charge in [-0.15, -0.1) is 0 Å². The lowest BCUT2D eigenvalue weighted by Crippen LogP contribution is -2.30. The van der Waals surface area contributed by atoms with Gasteiger partial charge >= 0.3 is 27.6 Å². The molecule has 0 aliphatic rings. The van der Waals surface area contributed by atoms with Crippen LogP contribution in [0.25, 0.3) is 0 Å². The molecule has 0 aromatic carbocycles. The second-order valence-corrected chi connectivity index (χ2v) is 17.4. The second-order valence-electron chi connectivity index (χ2n) is 14.7. The molecule has 0 amide bonds. The number of hydrogen-bond acceptors (Lipinski definition) is 11. The third kappa shape index (κ3) is 39.5. The number of ether oxygens (including phenoxy) is 2. The molecule has 0 aromatic heterocycles. The summed E-state index contributed by atoms with van der Waals surface area (Å²) >= 11 is 0. The van der Waals surface area contributed by atoms with E-state index in [9.17, 15) is 33.8 Å². The summed E-state index contributed by atoms with van der Waals surface area (Å²) in [4.78, 5) is 52.6. The third-order valence-corrected chi connectivity index (χ3v) is 10.6. The van der Waals surface area contributed by atoms with Gasteiger partial charge < -0.3 is 34.4 Å². The topological polar surface area (TPSA) is 216 Å². The van der Waals surface area contributed by atoms with Gasteiger partial charge in [-0.25, -0.2) is 9.13 Å². The highest BCUT2D eigenvalue weighted by molar-refractivity contribution is 7.47. The van der Waals surface area contributed by atoms with Gasteiger partial charge in [-0.3, -0.25) is 23.2 Å². The van der Waals surface area contributed by atoms with Gasteiger partial charge in [-0.05, 0) is 38.0 Å². The maximum atomic E-state index is 12.6. The molecule has 0 radical (unpaired) electrons. The van der Waals surface area contributed by atoms with Crippen LogP contribution >= 0.6 is 15.6 Å². The summed E-state index contributed by atoms with van der Waals surface area (Å²) in [6.45, 7) is 3.84. The van der Waals surface area contributed by atoms with E-state index < -0.39 is 72.3 Å². The SMILES string of the molecule is CC/C=C/C/C=C/C=C/C(O)CCCCCCCC(=O)OC[C@H](COP(=O)(O)OC[C@@H](O)COP(=O)(O)O)OC(=O)CCCCCCCCCCCCC(C)CC. The highest BCUT2D eigenvalue weighted by atomic mass is 31.2. The first-order valence-electron chi connectivity index (χ1n) is 21.2. The van der Waals surface area contributed by atoms with E-state index in [1.807, 2.05) is 18.2 Å². The van der Waals surface area contributed by atoms with Crippen molar-refractivity contribution in [2.45, 2.75) is 180 Å². The maximum absolute atomic E-state index is 12.6. The minimum absolute atomic E-state index is 0.112. The molecule has 5 N–H and O–H groups in total. The third-order valence-electron chi connectivity index (χ3n) is 9.18. The Morgan fingerprint density at radius 3 is 1.72 bits per heavy atom. The van der Waals surface area contributed by atoms with Gasteiger partial charge in [0.1, 0.15) is 12.7 Å². The molecular weight excluding hydrogens is 778 g/mol. The van der Waals surface area contributed by atoms with E-state index in [1.54, 1.807) is 6.08 Å². The Morgan fingerprint density at radius 1 is 0.614 bits per heavy atom. The van der Waals surface area contributed by atoms with E-state index in [0.29, 0.717) is 19.3 Å². The minimum Gasteiger partial charge on any atom is -0.462 e. The van der Waals surface area contributed by atoms with Crippen LogP contribution in [-0.4, -0.2) is 81.6 Å². The molecule has 5 atom stereocenters. The molecule has 14 nitrogen and oxygen atoms in total. The van der Waals surface area contributed by atoms with E-state index in [-0.39, 0.29) is 12.8 Å². The first-order valence-corrected chi connectivity index (χ1v) is 24.2. The summed E-state index contributed by atoms with van der Waals surface area (Å²) in [6, 6.07) is 0. The number of rotatable bonds is 39. The first kappa shape index (κ1) is 55.3. The number of aliphatic hydroxyl groups is 2. The van der Waals surface area contributed by atoms with Crippen LogP contribution in [0.2, 0.25) is 0 Å². The standard InChI is InChI=1S/C41H76O14P2/c1-4-6-7-8-13-18-23-28-37(42)29-24-19-16-21-25-30-40(44)51-34-39(35-54-57(49,50)53-33-38(43)32-52-56(46,47)48)55-41(45)31-26-20-15-12-10-9-11-14-17-22-27-36(3)5-2/h6-7,13,18,23,28,36-39,42-43H,4-5,8-12,14-17,19-22,24-27,29-35H2,1-3H3,(H,49,50)(H2,46,47,48)/b7-6+,18-13+,28-23+/t36?,37?,38-,39+/m0/s1. The van der Waals surface area contributed by atoms with Gasteiger partial charge in [-0.1, -0.05) is 154 Å². The zero-order chi connectivity index (χ0) is 42.6. The van der Waals surface area contributed by atoms with E-state index in [4.69, 9.17) is 23.8 Å². The van der Waals surface area contributed by atoms with Gasteiger partial charge in [0.25, 0.3) is 0 Å².